The van der Waals surface area contributed by atoms with E-state index in [1.165, 1.54) is 0 Å². The summed E-state index contributed by atoms with van der Waals surface area (Å²) < 4.78 is 5.13. The summed E-state index contributed by atoms with van der Waals surface area (Å²) in [5.74, 6) is 0.396. The van der Waals surface area contributed by atoms with Crippen LogP contribution in [0.3, 0.4) is 0 Å². The van der Waals surface area contributed by atoms with Gasteiger partial charge in [-0.2, -0.15) is 0 Å². The summed E-state index contributed by atoms with van der Waals surface area (Å²) in [7, 11) is 1.62. The van der Waals surface area contributed by atoms with E-state index in [-0.39, 0.29) is 24.3 Å². The number of rotatable bonds is 7. The topological polar surface area (TPSA) is 67.4 Å². The molecule has 1 rings (SSSR count). The van der Waals surface area contributed by atoms with Gasteiger partial charge in [-0.25, -0.2) is 0 Å². The van der Waals surface area contributed by atoms with Crippen LogP contribution in [0, 0.1) is 5.92 Å². The molecule has 0 unspecified atom stereocenters. The van der Waals surface area contributed by atoms with Gasteiger partial charge in [0.25, 0.3) is 0 Å². The van der Waals surface area contributed by atoms with Crippen LogP contribution < -0.4 is 15.4 Å². The van der Waals surface area contributed by atoms with Crippen molar-refractivity contribution < 1.29 is 14.3 Å². The van der Waals surface area contributed by atoms with Gasteiger partial charge in [-0.3, -0.25) is 9.59 Å². The minimum Gasteiger partial charge on any atom is -0.497 e. The molecule has 2 N–H and O–H groups in total. The fraction of sp³-hybridized carbons (Fsp3) is 0.467. The summed E-state index contributed by atoms with van der Waals surface area (Å²) in [6, 6.07) is 7.71. The van der Waals surface area contributed by atoms with Gasteiger partial charge >= 0.3 is 0 Å². The van der Waals surface area contributed by atoms with E-state index in [1.54, 1.807) is 21.0 Å². The number of amides is 2. The smallest absolute Gasteiger partial charge is 0.239 e. The molecule has 0 aliphatic rings. The number of ether oxygens (including phenoxy) is 1. The Morgan fingerprint density at radius 1 is 1.25 bits per heavy atom. The van der Waals surface area contributed by atoms with E-state index in [4.69, 9.17) is 4.74 Å². The maximum atomic E-state index is 11.5. The number of benzene rings is 1. The standard InChI is InChI=1S/C15H22N2O3/c1-11(2)15(19)17-10-14(18)16-8-7-12-5-4-6-13(9-12)20-3/h4-6,9,11H,7-8,10H2,1-3H3,(H,16,18)(H,17,19). The lowest BCUT2D eigenvalue weighted by molar-refractivity contribution is -0.127. The van der Waals surface area contributed by atoms with Crippen molar-refractivity contribution in [2.45, 2.75) is 20.3 Å². The highest BCUT2D eigenvalue weighted by molar-refractivity contribution is 5.85. The van der Waals surface area contributed by atoms with Crippen molar-refractivity contribution in [2.75, 3.05) is 20.2 Å². The normalized spacial score (nSPS) is 10.2. The first-order valence-corrected chi connectivity index (χ1v) is 6.70. The molecule has 0 bridgehead atoms. The second kappa shape index (κ2) is 8.19. The van der Waals surface area contributed by atoms with E-state index >= 15 is 0 Å². The summed E-state index contributed by atoms with van der Waals surface area (Å²) in [6.45, 7) is 4.13. The highest BCUT2D eigenvalue weighted by Gasteiger charge is 2.08. The van der Waals surface area contributed by atoms with E-state index in [9.17, 15) is 9.59 Å². The third kappa shape index (κ3) is 5.73. The molecular weight excluding hydrogens is 256 g/mol. The Labute approximate surface area is 119 Å². The highest BCUT2D eigenvalue weighted by atomic mass is 16.5. The van der Waals surface area contributed by atoms with Gasteiger partial charge in [0.2, 0.25) is 11.8 Å². The van der Waals surface area contributed by atoms with Crippen LogP contribution in [0.25, 0.3) is 0 Å². The van der Waals surface area contributed by atoms with Gasteiger partial charge < -0.3 is 15.4 Å². The Bertz CT molecular complexity index is 458. The molecule has 0 radical (unpaired) electrons. The Kier molecular flexibility index (Phi) is 6.56. The van der Waals surface area contributed by atoms with Gasteiger partial charge in [0, 0.05) is 12.5 Å². The average Bonchev–Trinajstić information content (AvgIpc) is 2.44. The predicted molar refractivity (Wildman–Crippen MR) is 77.6 cm³/mol. The highest BCUT2D eigenvalue weighted by Crippen LogP contribution is 2.12. The molecule has 0 heterocycles. The summed E-state index contributed by atoms with van der Waals surface area (Å²) in [5.41, 5.74) is 1.09. The number of carbonyl (C=O) groups excluding carboxylic acids is 2. The summed E-state index contributed by atoms with van der Waals surface area (Å²) in [5, 5.41) is 5.35. The fourth-order valence-corrected chi connectivity index (χ4v) is 1.61. The molecular formula is C15H22N2O3. The maximum Gasteiger partial charge on any atom is 0.239 e. The molecule has 1 aromatic carbocycles. The van der Waals surface area contributed by atoms with E-state index < -0.39 is 0 Å². The molecule has 0 atom stereocenters. The SMILES string of the molecule is COc1cccc(CCNC(=O)CNC(=O)C(C)C)c1. The van der Waals surface area contributed by atoms with Crippen molar-refractivity contribution in [3.8, 4) is 5.75 Å². The first kappa shape index (κ1) is 16.0. The largest absolute Gasteiger partial charge is 0.497 e. The molecule has 2 amide bonds. The van der Waals surface area contributed by atoms with Gasteiger partial charge in [-0.15, -0.1) is 0 Å². The summed E-state index contributed by atoms with van der Waals surface area (Å²) in [4.78, 5) is 22.8. The maximum absolute atomic E-state index is 11.5. The van der Waals surface area contributed by atoms with Crippen molar-refractivity contribution in [1.82, 2.24) is 10.6 Å². The third-order valence-electron chi connectivity index (χ3n) is 2.82. The minimum absolute atomic E-state index is 0.0229. The number of carbonyl (C=O) groups is 2. The Morgan fingerprint density at radius 3 is 2.65 bits per heavy atom. The second-order valence-electron chi connectivity index (χ2n) is 4.82. The lowest BCUT2D eigenvalue weighted by Crippen LogP contribution is -2.39. The lowest BCUT2D eigenvalue weighted by Gasteiger charge is -2.09. The van der Waals surface area contributed by atoms with Crippen molar-refractivity contribution in [3.63, 3.8) is 0 Å². The summed E-state index contributed by atoms with van der Waals surface area (Å²) in [6.07, 6.45) is 0.723. The summed E-state index contributed by atoms with van der Waals surface area (Å²) >= 11 is 0. The van der Waals surface area contributed by atoms with E-state index in [0.717, 1.165) is 17.7 Å². The van der Waals surface area contributed by atoms with Crippen molar-refractivity contribution in [2.24, 2.45) is 5.92 Å². The monoisotopic (exact) mass is 278 g/mol. The molecule has 0 aliphatic heterocycles. The predicted octanol–water partition coefficient (Wildman–Crippen LogP) is 1.13. The molecule has 0 aliphatic carbocycles. The van der Waals surface area contributed by atoms with Gasteiger partial charge in [-0.1, -0.05) is 26.0 Å². The number of hydrogen-bond donors (Lipinski definition) is 2. The van der Waals surface area contributed by atoms with Gasteiger partial charge in [0.05, 0.1) is 13.7 Å². The zero-order valence-electron chi connectivity index (χ0n) is 12.2. The van der Waals surface area contributed by atoms with E-state index in [0.29, 0.717) is 6.54 Å². The van der Waals surface area contributed by atoms with Gasteiger partial charge in [0.15, 0.2) is 0 Å². The molecule has 0 spiro atoms. The van der Waals surface area contributed by atoms with Crippen LogP contribution in [-0.2, 0) is 16.0 Å². The van der Waals surface area contributed by atoms with Gasteiger partial charge in [0.1, 0.15) is 5.75 Å². The first-order valence-electron chi connectivity index (χ1n) is 6.70. The van der Waals surface area contributed by atoms with Crippen LogP contribution in [0.2, 0.25) is 0 Å². The van der Waals surface area contributed by atoms with Gasteiger partial charge in [-0.05, 0) is 24.1 Å². The third-order valence-corrected chi connectivity index (χ3v) is 2.82. The van der Waals surface area contributed by atoms with Crippen molar-refractivity contribution >= 4 is 11.8 Å². The number of hydrogen-bond acceptors (Lipinski definition) is 3. The molecule has 0 saturated carbocycles. The Balaban J connectivity index is 2.26. The zero-order valence-corrected chi connectivity index (χ0v) is 12.2. The molecule has 5 heteroatoms. The fourth-order valence-electron chi connectivity index (χ4n) is 1.61. The quantitative estimate of drug-likeness (QED) is 0.785. The van der Waals surface area contributed by atoms with E-state index in [1.807, 2.05) is 24.3 Å². The van der Waals surface area contributed by atoms with E-state index in [2.05, 4.69) is 10.6 Å². The molecule has 0 saturated heterocycles. The average molecular weight is 278 g/mol. The van der Waals surface area contributed by atoms with Crippen molar-refractivity contribution in [1.29, 1.82) is 0 Å². The Hall–Kier alpha value is -2.04. The molecule has 1 aromatic rings. The lowest BCUT2D eigenvalue weighted by atomic mass is 10.1. The van der Waals surface area contributed by atoms with Crippen molar-refractivity contribution in [3.05, 3.63) is 29.8 Å². The number of nitrogens with one attached hydrogen (secondary N) is 2. The molecule has 110 valence electrons. The zero-order chi connectivity index (χ0) is 15.0. The minimum atomic E-state index is -0.179. The molecule has 0 aromatic heterocycles. The number of methoxy groups -OCH3 is 1. The Morgan fingerprint density at radius 2 is 2.00 bits per heavy atom. The molecule has 0 fully saturated rings. The van der Waals surface area contributed by atoms with Crippen LogP contribution >= 0.6 is 0 Å². The van der Waals surface area contributed by atoms with Crippen LogP contribution in [0.4, 0.5) is 0 Å². The van der Waals surface area contributed by atoms with Crippen LogP contribution in [-0.4, -0.2) is 32.0 Å². The van der Waals surface area contributed by atoms with Crippen LogP contribution in [0.5, 0.6) is 5.75 Å². The molecule has 5 nitrogen and oxygen atoms in total. The first-order chi connectivity index (χ1) is 9.52. The van der Waals surface area contributed by atoms with Crippen LogP contribution in [0.1, 0.15) is 19.4 Å². The second-order valence-corrected chi connectivity index (χ2v) is 4.82. The molecule has 20 heavy (non-hydrogen) atoms. The van der Waals surface area contributed by atoms with Crippen LogP contribution in [0.15, 0.2) is 24.3 Å².